The quantitative estimate of drug-likeness (QED) is 0.594. The molecule has 9 nitrogen and oxygen atoms in total. The van der Waals surface area contributed by atoms with Gasteiger partial charge < -0.3 is 25.6 Å². The minimum Gasteiger partial charge on any atom is -0.455 e. The number of nitrogens with zero attached hydrogens (tertiary/aromatic N) is 1. The van der Waals surface area contributed by atoms with Crippen LogP contribution in [0.2, 0.25) is 0 Å². The summed E-state index contributed by atoms with van der Waals surface area (Å²) in [5, 5.41) is 7.74. The topological polar surface area (TPSA) is 117 Å². The third kappa shape index (κ3) is 6.90. The second-order valence-electron chi connectivity index (χ2n) is 6.40. The van der Waals surface area contributed by atoms with Gasteiger partial charge in [-0.1, -0.05) is 18.2 Å². The summed E-state index contributed by atoms with van der Waals surface area (Å²) in [7, 11) is 0. The Morgan fingerprint density at radius 3 is 2.36 bits per heavy atom. The summed E-state index contributed by atoms with van der Waals surface area (Å²) < 4.78 is 5.03. The van der Waals surface area contributed by atoms with E-state index in [-0.39, 0.29) is 24.4 Å². The van der Waals surface area contributed by atoms with Crippen molar-refractivity contribution in [1.82, 2.24) is 15.5 Å². The number of likely N-dealkylation sites (N-methyl/N-ethyl adjacent to an activating group) is 1. The van der Waals surface area contributed by atoms with E-state index in [2.05, 4.69) is 16.0 Å². The Balaban J connectivity index is 1.66. The molecule has 0 aromatic heterocycles. The molecule has 2 rings (SSSR count). The maximum absolute atomic E-state index is 12.2. The van der Waals surface area contributed by atoms with Gasteiger partial charge in [0.15, 0.2) is 6.61 Å². The zero-order valence-corrected chi connectivity index (χ0v) is 15.9. The molecule has 28 heavy (non-hydrogen) atoms. The van der Waals surface area contributed by atoms with Crippen molar-refractivity contribution in [2.24, 2.45) is 5.92 Å². The molecule has 0 aliphatic carbocycles. The third-order valence-corrected chi connectivity index (χ3v) is 4.31. The first-order valence-corrected chi connectivity index (χ1v) is 9.30. The fraction of sp³-hybridized carbons (Fsp3) is 0.474. The van der Waals surface area contributed by atoms with Crippen molar-refractivity contribution in [2.45, 2.75) is 19.8 Å². The van der Waals surface area contributed by atoms with E-state index in [9.17, 15) is 19.2 Å². The maximum Gasteiger partial charge on any atom is 0.321 e. The minimum absolute atomic E-state index is 0.154. The molecular weight excluding hydrogens is 364 g/mol. The van der Waals surface area contributed by atoms with Gasteiger partial charge >= 0.3 is 12.0 Å². The Morgan fingerprint density at radius 2 is 1.71 bits per heavy atom. The summed E-state index contributed by atoms with van der Waals surface area (Å²) in [5.74, 6) is -1.64. The summed E-state index contributed by atoms with van der Waals surface area (Å²) >= 11 is 0. The van der Waals surface area contributed by atoms with Crippen LogP contribution in [0.3, 0.4) is 0 Å². The third-order valence-electron chi connectivity index (χ3n) is 4.31. The maximum atomic E-state index is 12.2. The summed E-state index contributed by atoms with van der Waals surface area (Å²) in [6.07, 6.45) is 0.948. The smallest absolute Gasteiger partial charge is 0.321 e. The van der Waals surface area contributed by atoms with Crippen LogP contribution >= 0.6 is 0 Å². The summed E-state index contributed by atoms with van der Waals surface area (Å²) in [5.41, 5.74) is 0.715. The van der Waals surface area contributed by atoms with Gasteiger partial charge in [-0.15, -0.1) is 0 Å². The van der Waals surface area contributed by atoms with Gasteiger partial charge in [-0.3, -0.25) is 14.4 Å². The van der Waals surface area contributed by atoms with E-state index in [1.807, 2.05) is 18.2 Å². The monoisotopic (exact) mass is 390 g/mol. The van der Waals surface area contributed by atoms with Gasteiger partial charge in [-0.05, 0) is 31.9 Å². The Bertz CT molecular complexity index is 687. The summed E-state index contributed by atoms with van der Waals surface area (Å²) in [6, 6.07) is 8.95. The predicted molar refractivity (Wildman–Crippen MR) is 102 cm³/mol. The van der Waals surface area contributed by atoms with Crippen molar-refractivity contribution in [3.8, 4) is 0 Å². The minimum atomic E-state index is -0.528. The number of nitrogens with one attached hydrogen (secondary N) is 3. The van der Waals surface area contributed by atoms with E-state index in [1.54, 1.807) is 24.0 Å². The SMILES string of the molecule is CCNC(=O)CNC(=O)COC(=O)C1CCN(C(=O)Nc2ccccc2)CC1. The highest BCUT2D eigenvalue weighted by molar-refractivity contribution is 5.89. The molecule has 0 bridgehead atoms. The van der Waals surface area contributed by atoms with Gasteiger partial charge in [0.2, 0.25) is 5.91 Å². The average molecular weight is 390 g/mol. The highest BCUT2D eigenvalue weighted by Gasteiger charge is 2.28. The number of para-hydroxylation sites is 1. The van der Waals surface area contributed by atoms with Crippen LogP contribution in [-0.4, -0.2) is 61.5 Å². The van der Waals surface area contributed by atoms with Crippen molar-refractivity contribution in [1.29, 1.82) is 0 Å². The van der Waals surface area contributed by atoms with Crippen LogP contribution in [0.15, 0.2) is 30.3 Å². The molecule has 1 heterocycles. The van der Waals surface area contributed by atoms with Crippen LogP contribution in [0.1, 0.15) is 19.8 Å². The number of rotatable bonds is 7. The Kier molecular flexibility index (Phi) is 8.26. The molecular formula is C19H26N4O5. The Morgan fingerprint density at radius 1 is 1.04 bits per heavy atom. The lowest BCUT2D eigenvalue weighted by Gasteiger charge is -2.30. The van der Waals surface area contributed by atoms with Gasteiger partial charge in [-0.2, -0.15) is 0 Å². The van der Waals surface area contributed by atoms with E-state index < -0.39 is 18.5 Å². The first-order chi connectivity index (χ1) is 13.5. The number of carbonyl (C=O) groups excluding carboxylic acids is 4. The second kappa shape index (κ2) is 10.9. The van der Waals surface area contributed by atoms with Gasteiger partial charge in [0.1, 0.15) is 0 Å². The number of benzene rings is 1. The van der Waals surface area contributed by atoms with Crippen molar-refractivity contribution in [3.05, 3.63) is 30.3 Å². The Labute approximate surface area is 163 Å². The molecule has 4 amide bonds. The lowest BCUT2D eigenvalue weighted by Crippen LogP contribution is -2.43. The van der Waals surface area contributed by atoms with E-state index in [0.717, 1.165) is 0 Å². The molecule has 9 heteroatoms. The van der Waals surface area contributed by atoms with E-state index in [0.29, 0.717) is 38.2 Å². The predicted octanol–water partition coefficient (Wildman–Crippen LogP) is 0.726. The fourth-order valence-electron chi connectivity index (χ4n) is 2.79. The van der Waals surface area contributed by atoms with Crippen molar-refractivity contribution in [3.63, 3.8) is 0 Å². The lowest BCUT2D eigenvalue weighted by molar-refractivity contribution is -0.153. The summed E-state index contributed by atoms with van der Waals surface area (Å²) in [4.78, 5) is 48.9. The molecule has 1 fully saturated rings. The van der Waals surface area contributed by atoms with E-state index in [4.69, 9.17) is 4.74 Å². The van der Waals surface area contributed by atoms with E-state index in [1.165, 1.54) is 0 Å². The number of hydrogen-bond acceptors (Lipinski definition) is 5. The lowest BCUT2D eigenvalue weighted by atomic mass is 9.97. The first-order valence-electron chi connectivity index (χ1n) is 9.30. The van der Waals surface area contributed by atoms with Gasteiger partial charge in [0.25, 0.3) is 5.91 Å². The second-order valence-corrected chi connectivity index (χ2v) is 6.40. The van der Waals surface area contributed by atoms with Crippen molar-refractivity contribution in [2.75, 3.05) is 38.1 Å². The molecule has 1 aromatic carbocycles. The molecule has 0 radical (unpaired) electrons. The molecule has 0 atom stereocenters. The molecule has 0 unspecified atom stereocenters. The number of hydrogen-bond donors (Lipinski definition) is 3. The van der Waals surface area contributed by atoms with Gasteiger partial charge in [-0.25, -0.2) is 4.79 Å². The molecule has 0 spiro atoms. The Hall–Kier alpha value is -3.10. The number of ether oxygens (including phenoxy) is 1. The summed E-state index contributed by atoms with van der Waals surface area (Å²) in [6.45, 7) is 2.54. The number of piperidine rings is 1. The number of urea groups is 1. The molecule has 3 N–H and O–H groups in total. The normalized spacial score (nSPS) is 14.1. The number of likely N-dealkylation sites (tertiary alicyclic amines) is 1. The molecule has 0 saturated carbocycles. The number of esters is 1. The average Bonchev–Trinajstić information content (AvgIpc) is 2.71. The zero-order chi connectivity index (χ0) is 20.4. The van der Waals surface area contributed by atoms with Gasteiger partial charge in [0.05, 0.1) is 12.5 Å². The van der Waals surface area contributed by atoms with Gasteiger partial charge in [0, 0.05) is 25.3 Å². The number of amides is 4. The fourth-order valence-corrected chi connectivity index (χ4v) is 2.79. The number of anilines is 1. The van der Waals surface area contributed by atoms with Crippen molar-refractivity contribution >= 4 is 29.5 Å². The highest BCUT2D eigenvalue weighted by atomic mass is 16.5. The molecule has 1 saturated heterocycles. The highest BCUT2D eigenvalue weighted by Crippen LogP contribution is 2.19. The largest absolute Gasteiger partial charge is 0.455 e. The molecule has 152 valence electrons. The van der Waals surface area contributed by atoms with Crippen LogP contribution in [-0.2, 0) is 19.1 Å². The van der Waals surface area contributed by atoms with Crippen molar-refractivity contribution < 1.29 is 23.9 Å². The van der Waals surface area contributed by atoms with Crippen LogP contribution in [0.5, 0.6) is 0 Å². The van der Waals surface area contributed by atoms with Crippen LogP contribution in [0.4, 0.5) is 10.5 Å². The molecule has 1 aliphatic rings. The molecule has 1 aromatic rings. The van der Waals surface area contributed by atoms with E-state index >= 15 is 0 Å². The standard InChI is InChI=1S/C19H26N4O5/c1-2-20-16(24)12-21-17(25)13-28-18(26)14-8-10-23(11-9-14)19(27)22-15-6-4-3-5-7-15/h3-7,14H,2,8-13H2,1H3,(H,20,24)(H,21,25)(H,22,27). The zero-order valence-electron chi connectivity index (χ0n) is 15.9. The van der Waals surface area contributed by atoms with Crippen LogP contribution in [0, 0.1) is 5.92 Å². The first kappa shape index (κ1) is 21.2. The number of carbonyl (C=O) groups is 4. The van der Waals surface area contributed by atoms with Crippen LogP contribution < -0.4 is 16.0 Å². The molecule has 1 aliphatic heterocycles. The van der Waals surface area contributed by atoms with Crippen LogP contribution in [0.25, 0.3) is 0 Å².